The van der Waals surface area contributed by atoms with Crippen LogP contribution in [0, 0.1) is 0 Å². The van der Waals surface area contributed by atoms with Crippen LogP contribution < -0.4 is 9.47 Å². The SMILES string of the molecule is CCOC(=O)CCN(C)CCOc1ccccc1OC. The normalized spacial score (nSPS) is 10.4. The number of methoxy groups -OCH3 is 1. The molecule has 1 aromatic carbocycles. The second kappa shape index (κ2) is 9.20. The number of ether oxygens (including phenoxy) is 3. The minimum atomic E-state index is -0.162. The first-order chi connectivity index (χ1) is 9.67. The van der Waals surface area contributed by atoms with Gasteiger partial charge in [-0.1, -0.05) is 12.1 Å². The Morgan fingerprint density at radius 1 is 1.20 bits per heavy atom. The van der Waals surface area contributed by atoms with Crippen molar-refractivity contribution < 1.29 is 19.0 Å². The Balaban J connectivity index is 2.24. The van der Waals surface area contributed by atoms with Gasteiger partial charge in [0.25, 0.3) is 0 Å². The Kier molecular flexibility index (Phi) is 7.50. The smallest absolute Gasteiger partial charge is 0.307 e. The zero-order valence-electron chi connectivity index (χ0n) is 12.4. The summed E-state index contributed by atoms with van der Waals surface area (Å²) in [7, 11) is 3.57. The van der Waals surface area contributed by atoms with Crippen molar-refractivity contribution in [1.29, 1.82) is 0 Å². The van der Waals surface area contributed by atoms with Crippen LogP contribution in [0.1, 0.15) is 13.3 Å². The van der Waals surface area contributed by atoms with Gasteiger partial charge in [-0.05, 0) is 26.1 Å². The molecular formula is C15H23NO4. The fraction of sp³-hybridized carbons (Fsp3) is 0.533. The van der Waals surface area contributed by atoms with Crippen LogP contribution >= 0.6 is 0 Å². The predicted octanol–water partition coefficient (Wildman–Crippen LogP) is 1.96. The summed E-state index contributed by atoms with van der Waals surface area (Å²) in [6, 6.07) is 7.54. The van der Waals surface area contributed by atoms with E-state index in [1.165, 1.54) is 0 Å². The highest BCUT2D eigenvalue weighted by atomic mass is 16.5. The van der Waals surface area contributed by atoms with Crippen LogP contribution in [-0.4, -0.2) is 51.3 Å². The molecule has 0 saturated carbocycles. The van der Waals surface area contributed by atoms with Crippen LogP contribution in [0.2, 0.25) is 0 Å². The molecule has 0 radical (unpaired) electrons. The molecule has 0 aromatic heterocycles. The van der Waals surface area contributed by atoms with E-state index in [2.05, 4.69) is 0 Å². The third-order valence-electron chi connectivity index (χ3n) is 2.80. The Morgan fingerprint density at radius 3 is 2.55 bits per heavy atom. The van der Waals surface area contributed by atoms with E-state index in [9.17, 15) is 4.79 Å². The molecule has 0 atom stereocenters. The Hall–Kier alpha value is -1.75. The predicted molar refractivity (Wildman–Crippen MR) is 77.2 cm³/mol. The lowest BCUT2D eigenvalue weighted by molar-refractivity contribution is -0.143. The third kappa shape index (κ3) is 5.93. The van der Waals surface area contributed by atoms with Crippen LogP contribution in [-0.2, 0) is 9.53 Å². The molecule has 0 aliphatic rings. The molecule has 0 fully saturated rings. The molecule has 1 aromatic rings. The first-order valence-corrected chi connectivity index (χ1v) is 6.77. The van der Waals surface area contributed by atoms with E-state index in [1.54, 1.807) is 7.11 Å². The fourth-order valence-corrected chi connectivity index (χ4v) is 1.68. The van der Waals surface area contributed by atoms with Crippen LogP contribution in [0.4, 0.5) is 0 Å². The first-order valence-electron chi connectivity index (χ1n) is 6.77. The number of rotatable bonds is 9. The van der Waals surface area contributed by atoms with Gasteiger partial charge in [-0.15, -0.1) is 0 Å². The molecule has 0 aliphatic carbocycles. The summed E-state index contributed by atoms with van der Waals surface area (Å²) in [6.45, 7) is 4.17. The molecule has 0 spiro atoms. The molecule has 0 N–H and O–H groups in total. The van der Waals surface area contributed by atoms with Gasteiger partial charge in [0, 0.05) is 13.1 Å². The summed E-state index contributed by atoms with van der Waals surface area (Å²) in [6.07, 6.45) is 0.402. The first kappa shape index (κ1) is 16.3. The topological polar surface area (TPSA) is 48.0 Å². The monoisotopic (exact) mass is 281 g/mol. The molecule has 0 heterocycles. The fourth-order valence-electron chi connectivity index (χ4n) is 1.68. The van der Waals surface area contributed by atoms with Crippen LogP contribution in [0.15, 0.2) is 24.3 Å². The van der Waals surface area contributed by atoms with Crippen LogP contribution in [0.25, 0.3) is 0 Å². The molecule has 5 heteroatoms. The Bertz CT molecular complexity index is 409. The highest BCUT2D eigenvalue weighted by Crippen LogP contribution is 2.25. The van der Waals surface area contributed by atoms with Crippen molar-refractivity contribution >= 4 is 5.97 Å². The molecule has 1 rings (SSSR count). The quantitative estimate of drug-likeness (QED) is 0.648. The minimum absolute atomic E-state index is 0.162. The number of esters is 1. The van der Waals surface area contributed by atoms with Crippen molar-refractivity contribution in [2.24, 2.45) is 0 Å². The lowest BCUT2D eigenvalue weighted by Gasteiger charge is -2.17. The number of likely N-dealkylation sites (N-methyl/N-ethyl adjacent to an activating group) is 1. The largest absolute Gasteiger partial charge is 0.493 e. The van der Waals surface area contributed by atoms with Gasteiger partial charge >= 0.3 is 5.97 Å². The molecule has 0 aliphatic heterocycles. The number of hydrogen-bond acceptors (Lipinski definition) is 5. The van der Waals surface area contributed by atoms with Gasteiger partial charge < -0.3 is 19.1 Å². The number of nitrogens with zero attached hydrogens (tertiary/aromatic N) is 1. The molecule has 0 bridgehead atoms. The summed E-state index contributed by atoms with van der Waals surface area (Å²) >= 11 is 0. The van der Waals surface area contributed by atoms with E-state index in [4.69, 9.17) is 14.2 Å². The number of carbonyl (C=O) groups is 1. The molecular weight excluding hydrogens is 258 g/mol. The summed E-state index contributed by atoms with van der Waals surface area (Å²) in [4.78, 5) is 13.3. The summed E-state index contributed by atoms with van der Waals surface area (Å²) < 4.78 is 15.8. The van der Waals surface area contributed by atoms with E-state index in [0.717, 1.165) is 18.0 Å². The summed E-state index contributed by atoms with van der Waals surface area (Å²) in [5.74, 6) is 1.29. The number of para-hydroxylation sites is 2. The average Bonchev–Trinajstić information content (AvgIpc) is 2.46. The average molecular weight is 281 g/mol. The van der Waals surface area contributed by atoms with Gasteiger partial charge in [-0.25, -0.2) is 0 Å². The maximum absolute atomic E-state index is 11.2. The van der Waals surface area contributed by atoms with Crippen molar-refractivity contribution in [3.05, 3.63) is 24.3 Å². The highest BCUT2D eigenvalue weighted by Gasteiger charge is 2.06. The highest BCUT2D eigenvalue weighted by molar-refractivity contribution is 5.69. The van der Waals surface area contributed by atoms with Gasteiger partial charge in [0.05, 0.1) is 20.1 Å². The molecule has 0 saturated heterocycles. The second-order valence-electron chi connectivity index (χ2n) is 4.36. The van der Waals surface area contributed by atoms with Crippen LogP contribution in [0.3, 0.4) is 0 Å². The van der Waals surface area contributed by atoms with Crippen molar-refractivity contribution in [3.8, 4) is 11.5 Å². The molecule has 0 amide bonds. The third-order valence-corrected chi connectivity index (χ3v) is 2.80. The number of hydrogen-bond donors (Lipinski definition) is 0. The van der Waals surface area contributed by atoms with Gasteiger partial charge in [0.1, 0.15) is 6.61 Å². The molecule has 0 unspecified atom stereocenters. The molecule has 20 heavy (non-hydrogen) atoms. The maximum Gasteiger partial charge on any atom is 0.307 e. The second-order valence-corrected chi connectivity index (χ2v) is 4.36. The lowest BCUT2D eigenvalue weighted by atomic mass is 10.3. The van der Waals surface area contributed by atoms with Crippen molar-refractivity contribution in [2.75, 3.05) is 40.5 Å². The van der Waals surface area contributed by atoms with E-state index < -0.39 is 0 Å². The maximum atomic E-state index is 11.2. The number of benzene rings is 1. The molecule has 112 valence electrons. The van der Waals surface area contributed by atoms with E-state index in [-0.39, 0.29) is 5.97 Å². The van der Waals surface area contributed by atoms with Gasteiger partial charge in [0.2, 0.25) is 0 Å². The van der Waals surface area contributed by atoms with Crippen molar-refractivity contribution in [2.45, 2.75) is 13.3 Å². The minimum Gasteiger partial charge on any atom is -0.493 e. The Morgan fingerprint density at radius 2 is 1.90 bits per heavy atom. The van der Waals surface area contributed by atoms with Crippen molar-refractivity contribution in [3.63, 3.8) is 0 Å². The lowest BCUT2D eigenvalue weighted by Crippen LogP contribution is -2.27. The summed E-state index contributed by atoms with van der Waals surface area (Å²) in [5.41, 5.74) is 0. The zero-order valence-corrected chi connectivity index (χ0v) is 12.4. The van der Waals surface area contributed by atoms with Crippen LogP contribution in [0.5, 0.6) is 11.5 Å². The molecule has 5 nitrogen and oxygen atoms in total. The van der Waals surface area contributed by atoms with E-state index in [1.807, 2.05) is 43.1 Å². The van der Waals surface area contributed by atoms with Crippen molar-refractivity contribution in [1.82, 2.24) is 4.90 Å². The van der Waals surface area contributed by atoms with Gasteiger partial charge in [-0.3, -0.25) is 4.79 Å². The number of carbonyl (C=O) groups excluding carboxylic acids is 1. The van der Waals surface area contributed by atoms with Gasteiger partial charge in [-0.2, -0.15) is 0 Å². The summed E-state index contributed by atoms with van der Waals surface area (Å²) in [5, 5.41) is 0. The van der Waals surface area contributed by atoms with E-state index >= 15 is 0 Å². The van der Waals surface area contributed by atoms with E-state index in [0.29, 0.717) is 26.2 Å². The standard InChI is InChI=1S/C15H23NO4/c1-4-19-15(17)9-10-16(2)11-12-20-14-8-6-5-7-13(14)18-3/h5-8H,4,9-12H2,1-3H3. The zero-order chi connectivity index (χ0) is 14.8. The Labute approximate surface area is 120 Å². The van der Waals surface area contributed by atoms with Gasteiger partial charge in [0.15, 0.2) is 11.5 Å².